The van der Waals surface area contributed by atoms with Gasteiger partial charge in [-0.25, -0.2) is 9.59 Å². The zero-order valence-electron chi connectivity index (χ0n) is 6.78. The number of ether oxygens (including phenoxy) is 1. The van der Waals surface area contributed by atoms with Gasteiger partial charge >= 0.3 is 11.4 Å². The molecule has 0 radical (unpaired) electrons. The molecule has 0 saturated carbocycles. The summed E-state index contributed by atoms with van der Waals surface area (Å²) in [5, 5.41) is 15.7. The van der Waals surface area contributed by atoms with E-state index in [1.165, 1.54) is 6.92 Å². The Bertz CT molecular complexity index is 141. The molecule has 0 bridgehead atoms. The molecule has 0 aliphatic heterocycles. The van der Waals surface area contributed by atoms with Crippen molar-refractivity contribution in [2.75, 3.05) is 6.61 Å². The van der Waals surface area contributed by atoms with Crippen molar-refractivity contribution < 1.29 is 24.5 Å². The number of carboxylic acid groups (broad SMARTS) is 1. The first-order chi connectivity index (χ1) is 5.41. The van der Waals surface area contributed by atoms with E-state index >= 15 is 0 Å². The number of carbonyl (C=O) groups excluding carboxylic acids is 1. The molecule has 1 atom stereocenters. The van der Waals surface area contributed by atoms with Gasteiger partial charge in [0.1, 0.15) is 6.10 Å². The maximum Gasteiger partial charge on any atom is 0.401 e. The molecule has 0 fully saturated rings. The van der Waals surface area contributed by atoms with E-state index in [1.54, 1.807) is 6.92 Å². The third kappa shape index (κ3) is 16.1. The Morgan fingerprint density at radius 3 is 2.00 bits per heavy atom. The van der Waals surface area contributed by atoms with Gasteiger partial charge in [-0.15, -0.1) is 0 Å². The van der Waals surface area contributed by atoms with Gasteiger partial charge in [-0.2, -0.15) is 0 Å². The maximum atomic E-state index is 10.3. The van der Waals surface area contributed by atoms with Crippen LogP contribution in [0.4, 0.5) is 4.79 Å². The maximum absolute atomic E-state index is 10.3. The van der Waals surface area contributed by atoms with Crippen molar-refractivity contribution in [1.29, 1.82) is 0 Å². The first kappa shape index (κ1) is 13.8. The van der Waals surface area contributed by atoms with Crippen LogP contribution in [0.15, 0.2) is 0 Å². The lowest BCUT2D eigenvalue weighted by Gasteiger charge is -2.01. The molecular weight excluding hydrogens is 188 g/mol. The molecule has 0 amide bonds. The predicted molar refractivity (Wildman–Crippen MR) is 42.2 cm³/mol. The highest BCUT2D eigenvalue weighted by atomic mass is 35.5. The van der Waals surface area contributed by atoms with E-state index in [9.17, 15) is 4.79 Å². The third-order valence-corrected chi connectivity index (χ3v) is 0.628. The lowest BCUT2D eigenvalue weighted by atomic mass is 10.4. The normalized spacial score (nSPS) is 10.7. The fraction of sp³-hybridized carbons (Fsp3) is 0.667. The highest BCUT2D eigenvalue weighted by molar-refractivity contribution is 6.60. The lowest BCUT2D eigenvalue weighted by molar-refractivity contribution is -0.151. The molecule has 6 heteroatoms. The molecule has 0 aromatic carbocycles. The van der Waals surface area contributed by atoms with Crippen LogP contribution in [-0.4, -0.2) is 34.3 Å². The minimum atomic E-state index is -1.36. The average molecular weight is 199 g/mol. The molecule has 0 saturated heterocycles. The van der Waals surface area contributed by atoms with Crippen molar-refractivity contribution in [2.24, 2.45) is 0 Å². The lowest BCUT2D eigenvalue weighted by Crippen LogP contribution is -2.18. The second-order valence-electron chi connectivity index (χ2n) is 1.68. The molecule has 0 spiro atoms. The summed E-state index contributed by atoms with van der Waals surface area (Å²) in [6, 6.07) is 0. The number of esters is 1. The Morgan fingerprint density at radius 1 is 1.58 bits per heavy atom. The molecule has 5 nitrogen and oxygen atoms in total. The van der Waals surface area contributed by atoms with Gasteiger partial charge in [0.25, 0.3) is 0 Å². The smallest absolute Gasteiger partial charge is 0.401 e. The number of carbonyl (C=O) groups is 2. The third-order valence-electron chi connectivity index (χ3n) is 0.628. The number of aliphatic hydroxyl groups is 1. The van der Waals surface area contributed by atoms with E-state index in [-0.39, 0.29) is 0 Å². The van der Waals surface area contributed by atoms with E-state index in [4.69, 9.17) is 15.0 Å². The highest BCUT2D eigenvalue weighted by Crippen LogP contribution is 1.84. The van der Waals surface area contributed by atoms with Crippen molar-refractivity contribution >= 4 is 23.0 Å². The Balaban J connectivity index is 0. The Hall–Kier alpha value is -0.810. The molecule has 0 rings (SSSR count). The van der Waals surface area contributed by atoms with Crippen LogP contribution in [0.25, 0.3) is 0 Å². The first-order valence-corrected chi connectivity index (χ1v) is 3.52. The van der Waals surface area contributed by atoms with Gasteiger partial charge in [-0.05, 0) is 13.8 Å². The highest BCUT2D eigenvalue weighted by Gasteiger charge is 2.07. The fourth-order valence-electron chi connectivity index (χ4n) is 0.263. The van der Waals surface area contributed by atoms with Crippen molar-refractivity contribution in [2.45, 2.75) is 20.0 Å². The van der Waals surface area contributed by atoms with Crippen LogP contribution in [0.1, 0.15) is 13.8 Å². The van der Waals surface area contributed by atoms with Gasteiger partial charge in [0.15, 0.2) is 0 Å². The first-order valence-electron chi connectivity index (χ1n) is 3.14. The summed E-state index contributed by atoms with van der Waals surface area (Å²) in [5.41, 5.74) is -1.36. The van der Waals surface area contributed by atoms with Gasteiger partial charge in [0.2, 0.25) is 0 Å². The molecule has 72 valence electrons. The quantitative estimate of drug-likeness (QED) is 0.507. The average Bonchev–Trinajstić information content (AvgIpc) is 1.86. The second kappa shape index (κ2) is 8.29. The van der Waals surface area contributed by atoms with Gasteiger partial charge in [0, 0.05) is 11.6 Å². The van der Waals surface area contributed by atoms with Crippen LogP contribution in [-0.2, 0) is 9.53 Å². The number of hydrogen-bond acceptors (Lipinski definition) is 4. The molecule has 0 aliphatic rings. The molecule has 2 N–H and O–H groups in total. The molecular formula is C6H11ClO5. The van der Waals surface area contributed by atoms with E-state index in [2.05, 4.69) is 16.3 Å². The topological polar surface area (TPSA) is 83.8 Å². The van der Waals surface area contributed by atoms with E-state index in [1.807, 2.05) is 0 Å². The zero-order chi connectivity index (χ0) is 10.1. The standard InChI is InChI=1S/C5H10O3.CHClO2/c1-3-8-5(7)4(2)6;2-1(3)4/h4,6H,3H2,1-2H3;(H,3,4). The van der Waals surface area contributed by atoms with Crippen LogP contribution in [0.3, 0.4) is 0 Å². The number of hydrogen-bond donors (Lipinski definition) is 2. The van der Waals surface area contributed by atoms with E-state index in [0.29, 0.717) is 6.61 Å². The van der Waals surface area contributed by atoms with Crippen LogP contribution in [0.5, 0.6) is 0 Å². The minimum Gasteiger partial charge on any atom is -0.469 e. The molecule has 0 aromatic heterocycles. The molecule has 0 aromatic rings. The summed E-state index contributed by atoms with van der Waals surface area (Å²) in [7, 11) is 0. The molecule has 0 heterocycles. The molecule has 0 aliphatic carbocycles. The minimum absolute atomic E-state index is 0.323. The van der Waals surface area contributed by atoms with E-state index in [0.717, 1.165) is 0 Å². The van der Waals surface area contributed by atoms with Crippen LogP contribution in [0, 0.1) is 0 Å². The van der Waals surface area contributed by atoms with Crippen molar-refractivity contribution in [3.8, 4) is 0 Å². The van der Waals surface area contributed by atoms with Gasteiger partial charge in [0.05, 0.1) is 6.61 Å². The van der Waals surface area contributed by atoms with Gasteiger partial charge < -0.3 is 14.9 Å². The van der Waals surface area contributed by atoms with Crippen LogP contribution in [0.2, 0.25) is 0 Å². The van der Waals surface area contributed by atoms with Crippen molar-refractivity contribution in [3.05, 3.63) is 0 Å². The molecule has 1 unspecified atom stereocenters. The largest absolute Gasteiger partial charge is 0.469 e. The Kier molecular flexibility index (Phi) is 9.50. The monoisotopic (exact) mass is 198 g/mol. The summed E-state index contributed by atoms with van der Waals surface area (Å²) in [6.45, 7) is 3.39. The van der Waals surface area contributed by atoms with E-state index < -0.39 is 17.5 Å². The van der Waals surface area contributed by atoms with Gasteiger partial charge in [-0.3, -0.25) is 0 Å². The predicted octanol–water partition coefficient (Wildman–Crippen LogP) is 0.834. The van der Waals surface area contributed by atoms with Crippen LogP contribution >= 0.6 is 11.6 Å². The van der Waals surface area contributed by atoms with Gasteiger partial charge in [-0.1, -0.05) is 0 Å². The zero-order valence-corrected chi connectivity index (χ0v) is 7.54. The Labute approximate surface area is 74.9 Å². The molecule has 12 heavy (non-hydrogen) atoms. The van der Waals surface area contributed by atoms with Crippen LogP contribution < -0.4 is 0 Å². The summed E-state index contributed by atoms with van der Waals surface area (Å²) < 4.78 is 4.41. The summed E-state index contributed by atoms with van der Waals surface area (Å²) in [4.78, 5) is 19.0. The number of aliphatic hydroxyl groups excluding tert-OH is 1. The number of rotatable bonds is 2. The summed E-state index contributed by atoms with van der Waals surface area (Å²) in [6.07, 6.45) is -0.991. The van der Waals surface area contributed by atoms with Crippen molar-refractivity contribution in [3.63, 3.8) is 0 Å². The van der Waals surface area contributed by atoms with Crippen molar-refractivity contribution in [1.82, 2.24) is 0 Å². The number of halogens is 1. The SMILES string of the molecule is CCOC(=O)C(C)O.O=C(O)Cl. The summed E-state index contributed by atoms with van der Waals surface area (Å²) in [5.74, 6) is -0.562. The Morgan fingerprint density at radius 2 is 1.92 bits per heavy atom. The second-order valence-corrected chi connectivity index (χ2v) is 2.00. The summed E-state index contributed by atoms with van der Waals surface area (Å²) >= 11 is 4.19. The fourth-order valence-corrected chi connectivity index (χ4v) is 0.263.